The maximum Gasteiger partial charge on any atom is 0.276 e. The zero-order chi connectivity index (χ0) is 23.9. The minimum atomic E-state index is -0.975. The van der Waals surface area contributed by atoms with Crippen molar-refractivity contribution in [3.8, 4) is 0 Å². The molecule has 0 fully saturated rings. The van der Waals surface area contributed by atoms with Crippen molar-refractivity contribution < 1.29 is 14.7 Å². The van der Waals surface area contributed by atoms with Crippen LogP contribution in [-0.2, 0) is 11.3 Å². The number of hydrogen-bond acceptors (Lipinski definition) is 5. The summed E-state index contributed by atoms with van der Waals surface area (Å²) in [4.78, 5) is 25.1. The fourth-order valence-corrected chi connectivity index (χ4v) is 4.11. The molecule has 8 heteroatoms. The number of rotatable bonds is 5. The highest BCUT2D eigenvalue weighted by molar-refractivity contribution is 6.11. The van der Waals surface area contributed by atoms with Crippen LogP contribution >= 0.6 is 0 Å². The first-order valence-electron chi connectivity index (χ1n) is 10.9. The lowest BCUT2D eigenvalue weighted by Gasteiger charge is -2.19. The number of aliphatic hydroxyl groups is 1. The molecule has 1 aliphatic carbocycles. The fourth-order valence-electron chi connectivity index (χ4n) is 4.11. The van der Waals surface area contributed by atoms with E-state index in [2.05, 4.69) is 20.6 Å². The highest BCUT2D eigenvalue weighted by Crippen LogP contribution is 2.34. The Hall–Kier alpha value is -4.17. The third-order valence-corrected chi connectivity index (χ3v) is 5.64. The molecule has 34 heavy (non-hydrogen) atoms. The van der Waals surface area contributed by atoms with Crippen molar-refractivity contribution in [2.45, 2.75) is 26.0 Å². The van der Waals surface area contributed by atoms with E-state index in [1.165, 1.54) is 0 Å². The average Bonchev–Trinajstić information content (AvgIpc) is 3.17. The van der Waals surface area contributed by atoms with Gasteiger partial charge in [-0.05, 0) is 37.6 Å². The van der Waals surface area contributed by atoms with Crippen LogP contribution in [0.25, 0.3) is 16.6 Å². The van der Waals surface area contributed by atoms with Gasteiger partial charge in [-0.25, -0.2) is 0 Å². The van der Waals surface area contributed by atoms with Crippen LogP contribution in [0, 0.1) is 5.92 Å². The van der Waals surface area contributed by atoms with Gasteiger partial charge in [0, 0.05) is 16.6 Å². The summed E-state index contributed by atoms with van der Waals surface area (Å²) in [5.41, 5.74) is 2.93. The molecule has 0 bridgehead atoms. The average molecular weight is 454 g/mol. The molecule has 2 aromatic carbocycles. The van der Waals surface area contributed by atoms with E-state index in [0.29, 0.717) is 16.8 Å². The lowest BCUT2D eigenvalue weighted by molar-refractivity contribution is -0.119. The molecule has 170 valence electrons. The van der Waals surface area contributed by atoms with Crippen molar-refractivity contribution in [1.82, 2.24) is 9.78 Å². The maximum atomic E-state index is 13.1. The van der Waals surface area contributed by atoms with Crippen LogP contribution < -0.4 is 5.32 Å². The van der Waals surface area contributed by atoms with Gasteiger partial charge in [0.05, 0.1) is 29.3 Å². The number of carbonyl (C=O) groups excluding carboxylic acids is 2. The summed E-state index contributed by atoms with van der Waals surface area (Å²) in [5, 5.41) is 26.2. The molecular weight excluding hydrogens is 430 g/mol. The quantitative estimate of drug-likeness (QED) is 0.593. The Labute approximate surface area is 196 Å². The number of carbonyl (C=O) groups is 2. The fraction of sp³-hybridized carbons (Fsp3) is 0.192. The molecular formula is C26H23N5O3. The first-order valence-corrected chi connectivity index (χ1v) is 10.9. The van der Waals surface area contributed by atoms with Crippen molar-refractivity contribution in [3.63, 3.8) is 0 Å². The molecule has 8 nitrogen and oxygen atoms in total. The number of azo groups is 1. The second-order valence-electron chi connectivity index (χ2n) is 8.93. The molecule has 0 spiro atoms. The minimum Gasteiger partial charge on any atom is -0.389 e. The zero-order valence-corrected chi connectivity index (χ0v) is 18.8. The number of aromatic nitrogens is 2. The Morgan fingerprint density at radius 2 is 1.85 bits per heavy atom. The Morgan fingerprint density at radius 3 is 2.62 bits per heavy atom. The van der Waals surface area contributed by atoms with E-state index >= 15 is 0 Å². The summed E-state index contributed by atoms with van der Waals surface area (Å²) in [6.07, 6.45) is 7.39. The molecule has 3 aromatic rings. The molecule has 1 atom stereocenters. The molecule has 2 N–H and O–H groups in total. The molecule has 2 amide bonds. The second kappa shape index (κ2) is 8.31. The molecule has 5 rings (SSSR count). The van der Waals surface area contributed by atoms with Crippen LogP contribution in [0.5, 0.6) is 0 Å². The predicted octanol–water partition coefficient (Wildman–Crippen LogP) is 4.51. The van der Waals surface area contributed by atoms with Gasteiger partial charge in [-0.1, -0.05) is 54.6 Å². The molecule has 2 aliphatic rings. The summed E-state index contributed by atoms with van der Waals surface area (Å²) in [6.45, 7) is 3.66. The Bertz CT molecular complexity index is 1420. The van der Waals surface area contributed by atoms with Crippen molar-refractivity contribution in [2.24, 2.45) is 16.1 Å². The molecule has 0 radical (unpaired) electrons. The second-order valence-corrected chi connectivity index (χ2v) is 8.93. The number of fused-ring (bicyclic) bond motifs is 2. The van der Waals surface area contributed by atoms with Gasteiger partial charge in [0.2, 0.25) is 0 Å². The zero-order valence-electron chi connectivity index (χ0n) is 18.8. The van der Waals surface area contributed by atoms with E-state index < -0.39 is 11.5 Å². The van der Waals surface area contributed by atoms with Crippen LogP contribution in [0.3, 0.4) is 0 Å². The Kier molecular flexibility index (Phi) is 5.30. The monoisotopic (exact) mass is 453 g/mol. The third kappa shape index (κ3) is 4.11. The van der Waals surface area contributed by atoms with Crippen molar-refractivity contribution in [2.75, 3.05) is 5.32 Å². The van der Waals surface area contributed by atoms with E-state index in [0.717, 1.165) is 16.7 Å². The highest BCUT2D eigenvalue weighted by atomic mass is 16.3. The summed E-state index contributed by atoms with van der Waals surface area (Å²) < 4.78 is 1.65. The number of allylic oxidation sites excluding steroid dienone is 3. The SMILES string of the molecule is CC(C)(O)Cn1nc(C(=O)Nc2ccc(C3=C4C=CC=CC4C(=O)N=N3)cc2)c2ccccc21. The molecule has 1 unspecified atom stereocenters. The first kappa shape index (κ1) is 21.7. The Morgan fingerprint density at radius 1 is 1.09 bits per heavy atom. The van der Waals surface area contributed by atoms with Crippen molar-refractivity contribution in [3.05, 3.63) is 89.7 Å². The van der Waals surface area contributed by atoms with Gasteiger partial charge >= 0.3 is 0 Å². The van der Waals surface area contributed by atoms with Crippen LogP contribution in [0.1, 0.15) is 29.9 Å². The summed E-state index contributed by atoms with van der Waals surface area (Å²) in [7, 11) is 0. The first-order chi connectivity index (χ1) is 16.3. The van der Waals surface area contributed by atoms with Gasteiger partial charge in [0.25, 0.3) is 11.8 Å². The lowest BCUT2D eigenvalue weighted by atomic mass is 9.89. The predicted molar refractivity (Wildman–Crippen MR) is 129 cm³/mol. The maximum absolute atomic E-state index is 13.1. The highest BCUT2D eigenvalue weighted by Gasteiger charge is 2.28. The van der Waals surface area contributed by atoms with Gasteiger partial charge in [-0.3, -0.25) is 14.3 Å². The van der Waals surface area contributed by atoms with E-state index in [4.69, 9.17) is 0 Å². The number of anilines is 1. The van der Waals surface area contributed by atoms with Crippen LogP contribution in [0.2, 0.25) is 0 Å². The lowest BCUT2D eigenvalue weighted by Crippen LogP contribution is -2.27. The minimum absolute atomic E-state index is 0.259. The van der Waals surface area contributed by atoms with Crippen LogP contribution in [0.4, 0.5) is 5.69 Å². The van der Waals surface area contributed by atoms with E-state index in [-0.39, 0.29) is 24.1 Å². The molecule has 2 heterocycles. The van der Waals surface area contributed by atoms with Crippen LogP contribution in [0.15, 0.2) is 88.6 Å². The van der Waals surface area contributed by atoms with Crippen LogP contribution in [-0.4, -0.2) is 32.3 Å². The molecule has 0 saturated heterocycles. The van der Waals surface area contributed by atoms with Gasteiger partial charge < -0.3 is 10.4 Å². The number of amides is 2. The number of nitrogens with one attached hydrogen (secondary N) is 1. The van der Waals surface area contributed by atoms with E-state index in [9.17, 15) is 14.7 Å². The van der Waals surface area contributed by atoms with Crippen molar-refractivity contribution in [1.29, 1.82) is 0 Å². The van der Waals surface area contributed by atoms with Crippen molar-refractivity contribution >= 4 is 34.1 Å². The standard InChI is InChI=1S/C26H23N5O3/c1-26(2,34)15-31-21-10-6-5-9-20(21)23(30-31)25(33)27-17-13-11-16(12-14-17)22-18-7-3-4-8-19(18)24(32)29-28-22/h3-14,19,34H,15H2,1-2H3,(H,27,33). The normalized spacial score (nSPS) is 17.4. The summed E-state index contributed by atoms with van der Waals surface area (Å²) >= 11 is 0. The molecule has 0 saturated carbocycles. The van der Waals surface area contributed by atoms with Gasteiger partial charge in [0.1, 0.15) is 0 Å². The van der Waals surface area contributed by atoms with Gasteiger partial charge in [-0.2, -0.15) is 5.10 Å². The Balaban J connectivity index is 1.40. The third-order valence-electron chi connectivity index (χ3n) is 5.64. The number of para-hydroxylation sites is 1. The molecule has 1 aromatic heterocycles. The number of benzene rings is 2. The molecule has 1 aliphatic heterocycles. The number of nitrogens with zero attached hydrogens (tertiary/aromatic N) is 4. The number of hydrogen-bond donors (Lipinski definition) is 2. The topological polar surface area (TPSA) is 109 Å². The largest absolute Gasteiger partial charge is 0.389 e. The summed E-state index contributed by atoms with van der Waals surface area (Å²) in [6, 6.07) is 14.7. The van der Waals surface area contributed by atoms with E-state index in [1.807, 2.05) is 60.7 Å². The van der Waals surface area contributed by atoms with Gasteiger partial charge in [0.15, 0.2) is 5.69 Å². The van der Waals surface area contributed by atoms with E-state index in [1.54, 1.807) is 30.7 Å². The smallest absolute Gasteiger partial charge is 0.276 e. The van der Waals surface area contributed by atoms with Gasteiger partial charge in [-0.15, -0.1) is 10.2 Å². The summed E-state index contributed by atoms with van der Waals surface area (Å²) in [5.74, 6) is -1.03.